The van der Waals surface area contributed by atoms with E-state index in [-0.39, 0.29) is 12.0 Å². The van der Waals surface area contributed by atoms with Gasteiger partial charge in [0.2, 0.25) is 0 Å². The Morgan fingerprint density at radius 1 is 1.28 bits per heavy atom. The van der Waals surface area contributed by atoms with Crippen molar-refractivity contribution in [2.45, 2.75) is 46.1 Å². The van der Waals surface area contributed by atoms with Gasteiger partial charge in [-0.2, -0.15) is 5.10 Å². The number of carbonyl (C=O) groups is 1. The maximum Gasteiger partial charge on any atom is 0.253 e. The van der Waals surface area contributed by atoms with E-state index in [0.29, 0.717) is 6.54 Å². The molecule has 1 aromatic carbocycles. The van der Waals surface area contributed by atoms with Crippen molar-refractivity contribution >= 4 is 5.91 Å². The topological polar surface area (TPSA) is 47.4 Å². The van der Waals surface area contributed by atoms with Crippen LogP contribution in [0.4, 0.5) is 0 Å². The number of ether oxygens (including phenoxy) is 1. The number of amides is 1. The number of benzene rings is 1. The first-order valence-corrected chi connectivity index (χ1v) is 9.13. The number of aromatic nitrogens is 2. The van der Waals surface area contributed by atoms with Gasteiger partial charge in [0, 0.05) is 31.0 Å². The van der Waals surface area contributed by atoms with Crippen LogP contribution in [-0.4, -0.2) is 46.4 Å². The van der Waals surface area contributed by atoms with Crippen molar-refractivity contribution in [3.8, 4) is 5.69 Å². The Bertz CT molecular complexity index is 721. The highest BCUT2D eigenvalue weighted by molar-refractivity contribution is 5.94. The second kappa shape index (κ2) is 7.83. The quantitative estimate of drug-likeness (QED) is 0.836. The van der Waals surface area contributed by atoms with Crippen molar-refractivity contribution in [3.05, 3.63) is 47.3 Å². The molecule has 1 saturated heterocycles. The van der Waals surface area contributed by atoms with E-state index in [0.717, 1.165) is 55.1 Å². The Balaban J connectivity index is 1.69. The lowest BCUT2D eigenvalue weighted by Gasteiger charge is -2.32. The maximum absolute atomic E-state index is 12.8. The van der Waals surface area contributed by atoms with Crippen molar-refractivity contribution in [3.63, 3.8) is 0 Å². The van der Waals surface area contributed by atoms with E-state index in [2.05, 4.69) is 12.0 Å². The highest BCUT2D eigenvalue weighted by atomic mass is 16.5. The van der Waals surface area contributed by atoms with Gasteiger partial charge in [-0.1, -0.05) is 6.92 Å². The second-order valence-corrected chi connectivity index (χ2v) is 6.77. The molecular weight excluding hydrogens is 314 g/mol. The van der Waals surface area contributed by atoms with E-state index in [1.807, 2.05) is 53.8 Å². The summed E-state index contributed by atoms with van der Waals surface area (Å²) >= 11 is 0. The van der Waals surface area contributed by atoms with Gasteiger partial charge in [-0.15, -0.1) is 0 Å². The van der Waals surface area contributed by atoms with Gasteiger partial charge in [-0.3, -0.25) is 4.79 Å². The molecule has 1 aliphatic rings. The molecule has 1 amide bonds. The van der Waals surface area contributed by atoms with Crippen LogP contribution >= 0.6 is 0 Å². The Morgan fingerprint density at radius 2 is 2.04 bits per heavy atom. The number of aryl methyl sites for hydroxylation is 2. The van der Waals surface area contributed by atoms with Gasteiger partial charge in [0.25, 0.3) is 5.91 Å². The smallest absolute Gasteiger partial charge is 0.253 e. The highest BCUT2D eigenvalue weighted by Crippen LogP contribution is 2.18. The molecule has 0 aliphatic carbocycles. The van der Waals surface area contributed by atoms with Gasteiger partial charge < -0.3 is 9.64 Å². The lowest BCUT2D eigenvalue weighted by Crippen LogP contribution is -2.43. The third-order valence-corrected chi connectivity index (χ3v) is 4.59. The van der Waals surface area contributed by atoms with Crippen molar-refractivity contribution < 1.29 is 9.53 Å². The first-order valence-electron chi connectivity index (χ1n) is 9.13. The summed E-state index contributed by atoms with van der Waals surface area (Å²) in [5.74, 6) is 0.0877. The molecule has 1 fully saturated rings. The second-order valence-electron chi connectivity index (χ2n) is 6.77. The van der Waals surface area contributed by atoms with E-state index in [9.17, 15) is 4.79 Å². The molecule has 0 radical (unpaired) electrons. The molecule has 1 atom stereocenters. The van der Waals surface area contributed by atoms with Crippen LogP contribution in [0, 0.1) is 13.8 Å². The molecule has 0 bridgehead atoms. The molecule has 3 rings (SSSR count). The molecule has 5 nitrogen and oxygen atoms in total. The van der Waals surface area contributed by atoms with Crippen LogP contribution in [0.2, 0.25) is 0 Å². The average molecular weight is 341 g/mol. The molecule has 5 heteroatoms. The van der Waals surface area contributed by atoms with Crippen LogP contribution in [0.15, 0.2) is 30.3 Å². The van der Waals surface area contributed by atoms with Gasteiger partial charge in [0.05, 0.1) is 17.5 Å². The minimum absolute atomic E-state index is 0.0877. The lowest BCUT2D eigenvalue weighted by atomic mass is 10.1. The summed E-state index contributed by atoms with van der Waals surface area (Å²) < 4.78 is 7.74. The number of likely N-dealkylation sites (tertiary alicyclic amines) is 1. The van der Waals surface area contributed by atoms with Gasteiger partial charge in [0.15, 0.2) is 0 Å². The van der Waals surface area contributed by atoms with Crippen molar-refractivity contribution in [1.82, 2.24) is 14.7 Å². The number of rotatable bonds is 5. The molecule has 0 spiro atoms. The van der Waals surface area contributed by atoms with Crippen LogP contribution in [0.3, 0.4) is 0 Å². The van der Waals surface area contributed by atoms with E-state index in [1.165, 1.54) is 0 Å². The molecule has 1 unspecified atom stereocenters. The van der Waals surface area contributed by atoms with E-state index >= 15 is 0 Å². The van der Waals surface area contributed by atoms with E-state index in [1.54, 1.807) is 0 Å². The lowest BCUT2D eigenvalue weighted by molar-refractivity contribution is 0.00211. The Kier molecular flexibility index (Phi) is 5.53. The fraction of sp³-hybridized carbons (Fsp3) is 0.500. The number of piperidine rings is 1. The first-order chi connectivity index (χ1) is 12.1. The van der Waals surface area contributed by atoms with Crippen LogP contribution in [0.5, 0.6) is 0 Å². The SMILES string of the molecule is CCCOC1CCCN(C(=O)c2ccc(-n3nc(C)cc3C)cc2)C1. The van der Waals surface area contributed by atoms with Crippen molar-refractivity contribution in [1.29, 1.82) is 0 Å². The molecule has 2 aromatic rings. The minimum Gasteiger partial charge on any atom is -0.376 e. The Morgan fingerprint density at radius 3 is 2.68 bits per heavy atom. The van der Waals surface area contributed by atoms with Crippen LogP contribution in [0.1, 0.15) is 47.9 Å². The zero-order chi connectivity index (χ0) is 17.8. The zero-order valence-corrected chi connectivity index (χ0v) is 15.4. The van der Waals surface area contributed by atoms with Gasteiger partial charge in [-0.05, 0) is 63.4 Å². The Labute approximate surface area is 149 Å². The molecule has 1 aromatic heterocycles. The largest absolute Gasteiger partial charge is 0.376 e. The predicted octanol–water partition coefficient (Wildman–Crippen LogP) is 3.52. The summed E-state index contributed by atoms with van der Waals surface area (Å²) in [5.41, 5.74) is 3.78. The molecule has 1 aliphatic heterocycles. The van der Waals surface area contributed by atoms with E-state index in [4.69, 9.17) is 4.74 Å². The zero-order valence-electron chi connectivity index (χ0n) is 15.4. The molecule has 25 heavy (non-hydrogen) atoms. The van der Waals surface area contributed by atoms with E-state index < -0.39 is 0 Å². The highest BCUT2D eigenvalue weighted by Gasteiger charge is 2.24. The number of hydrogen-bond donors (Lipinski definition) is 0. The van der Waals surface area contributed by atoms with Gasteiger partial charge >= 0.3 is 0 Å². The molecule has 0 N–H and O–H groups in total. The van der Waals surface area contributed by atoms with Crippen LogP contribution < -0.4 is 0 Å². The van der Waals surface area contributed by atoms with Crippen molar-refractivity contribution in [2.75, 3.05) is 19.7 Å². The number of carbonyl (C=O) groups excluding carboxylic acids is 1. The summed E-state index contributed by atoms with van der Waals surface area (Å²) in [6, 6.07) is 9.75. The van der Waals surface area contributed by atoms with Crippen LogP contribution in [0.25, 0.3) is 5.69 Å². The van der Waals surface area contributed by atoms with Crippen molar-refractivity contribution in [2.24, 2.45) is 0 Å². The molecular formula is C20H27N3O2. The molecule has 0 saturated carbocycles. The monoisotopic (exact) mass is 341 g/mol. The van der Waals surface area contributed by atoms with Gasteiger partial charge in [0.1, 0.15) is 0 Å². The van der Waals surface area contributed by atoms with Crippen LogP contribution in [-0.2, 0) is 4.74 Å². The summed E-state index contributed by atoms with van der Waals surface area (Å²) in [5, 5.41) is 4.49. The van der Waals surface area contributed by atoms with Gasteiger partial charge in [-0.25, -0.2) is 4.68 Å². The fourth-order valence-electron chi connectivity index (χ4n) is 3.36. The summed E-state index contributed by atoms with van der Waals surface area (Å²) in [6.07, 6.45) is 3.23. The average Bonchev–Trinajstić information content (AvgIpc) is 2.98. The third-order valence-electron chi connectivity index (χ3n) is 4.59. The Hall–Kier alpha value is -2.14. The number of nitrogens with zero attached hydrogens (tertiary/aromatic N) is 3. The minimum atomic E-state index is 0.0877. The summed E-state index contributed by atoms with van der Waals surface area (Å²) in [4.78, 5) is 14.7. The normalized spacial score (nSPS) is 17.7. The summed E-state index contributed by atoms with van der Waals surface area (Å²) in [7, 11) is 0. The molecule has 2 heterocycles. The summed E-state index contributed by atoms with van der Waals surface area (Å²) in [6.45, 7) is 8.39. The maximum atomic E-state index is 12.8. The first kappa shape index (κ1) is 17.7. The molecule has 134 valence electrons. The third kappa shape index (κ3) is 4.10. The standard InChI is InChI=1S/C20H27N3O2/c1-4-12-25-19-6-5-11-22(14-19)20(24)17-7-9-18(10-8-17)23-16(3)13-15(2)21-23/h7-10,13,19H,4-6,11-12,14H2,1-3H3. The number of hydrogen-bond acceptors (Lipinski definition) is 3. The fourth-order valence-corrected chi connectivity index (χ4v) is 3.36. The predicted molar refractivity (Wildman–Crippen MR) is 98.2 cm³/mol.